The molecule has 2 aliphatic rings. The second-order valence-corrected chi connectivity index (χ2v) is 46.6. The van der Waals surface area contributed by atoms with E-state index in [-0.39, 0.29) is 83.9 Å². The molecule has 0 aliphatic carbocycles. The maximum atomic E-state index is 9.92. The van der Waals surface area contributed by atoms with Gasteiger partial charge in [0.1, 0.15) is 0 Å². The second kappa shape index (κ2) is 28.9. The van der Waals surface area contributed by atoms with Gasteiger partial charge in [-0.25, -0.2) is 0 Å². The van der Waals surface area contributed by atoms with Crippen LogP contribution in [-0.2, 0) is 59.6 Å². The van der Waals surface area contributed by atoms with E-state index in [4.69, 9.17) is 1.37 Å². The molecule has 0 radical (unpaired) electrons. The van der Waals surface area contributed by atoms with Crippen LogP contribution in [0.15, 0.2) is 224 Å². The maximum absolute atomic E-state index is 9.92. The Bertz CT molecular complexity index is 6420. The summed E-state index contributed by atoms with van der Waals surface area (Å²) in [4.78, 5) is 5.35. The minimum atomic E-state index is -0.490. The van der Waals surface area contributed by atoms with Crippen molar-refractivity contribution in [3.63, 3.8) is 0 Å². The lowest BCUT2D eigenvalue weighted by Crippen LogP contribution is -2.61. The molecule has 4 heteroatoms. The molecule has 0 atom stereocenters. The summed E-state index contributed by atoms with van der Waals surface area (Å²) < 4.78 is 50.2. The summed E-state index contributed by atoms with van der Waals surface area (Å²) >= 11 is 0. The van der Waals surface area contributed by atoms with Crippen LogP contribution in [0.1, 0.15) is 297 Å². The molecule has 2 aliphatic heterocycles. The molecule has 1 aromatic heterocycles. The molecule has 12 aromatic carbocycles. The van der Waals surface area contributed by atoms with Crippen molar-refractivity contribution in [1.29, 1.82) is 0 Å². The summed E-state index contributed by atoms with van der Waals surface area (Å²) in [6, 6.07) is 75.2. The Morgan fingerprint density at radius 3 is 0.917 bits per heavy atom. The zero-order chi connectivity index (χ0) is 91.5. The molecule has 13 aromatic rings. The van der Waals surface area contributed by atoms with Gasteiger partial charge in [-0.05, 0) is 249 Å². The highest BCUT2D eigenvalue weighted by Gasteiger charge is 2.48. The van der Waals surface area contributed by atoms with E-state index in [0.717, 1.165) is 112 Å². The van der Waals surface area contributed by atoms with Gasteiger partial charge >= 0.3 is 0 Å². The van der Waals surface area contributed by atoms with Crippen LogP contribution in [0.25, 0.3) is 83.1 Å². The van der Waals surface area contributed by atoms with Gasteiger partial charge < -0.3 is 14.4 Å². The number of hydrogen-bond donors (Lipinski definition) is 0. The molecular formula is C116H136BN3. The van der Waals surface area contributed by atoms with E-state index in [1.54, 1.807) is 0 Å². The van der Waals surface area contributed by atoms with Gasteiger partial charge in [-0.2, -0.15) is 0 Å². The predicted octanol–water partition coefficient (Wildman–Crippen LogP) is 31.5. The van der Waals surface area contributed by atoms with Crippen molar-refractivity contribution in [2.24, 2.45) is 0 Å². The molecule has 0 amide bonds. The zero-order valence-corrected chi connectivity index (χ0v) is 78.9. The predicted molar refractivity (Wildman–Crippen MR) is 528 cm³/mol. The smallest absolute Gasteiger partial charge is 0.252 e. The largest absolute Gasteiger partial charge is 0.310 e. The van der Waals surface area contributed by atoms with Crippen LogP contribution in [0.5, 0.6) is 0 Å². The van der Waals surface area contributed by atoms with Gasteiger partial charge in [-0.3, -0.25) is 0 Å². The number of benzene rings is 12. The Kier molecular flexibility index (Phi) is 18.9. The highest BCUT2D eigenvalue weighted by molar-refractivity contribution is 7.00. The fraction of sp³-hybridized carbons (Fsp3) is 0.379. The monoisotopic (exact) mass is 1590 g/mol. The summed E-state index contributed by atoms with van der Waals surface area (Å²) in [5.74, 6) is 0. The SMILES string of the molecule is [2H]c1c([2H])c([2H])c(-c2ccc3c(c2)N(c2c(-c4ccc(C(C)(C)C)cc4)cc(C(C)(C)C)cc2-c2ccc(C(C)(C)C)cc2C(C)(C)C)c2cc(C(C)(C)C)cc4c2B3c2ccc(-n3c5ccc(C(C)(C)C)cc5c5cc(C(C)(C)C)ccc53)cc2N4c2c(-c3ccc(C(C)(C)C)cc3)cc(C(C)(C)C)cc2-c2ccc(C(C)(C)C)cc2C(C)(C)C)c([2H])c1[2H]. The molecule has 120 heavy (non-hydrogen) atoms. The first kappa shape index (κ1) is 78.6. The highest BCUT2D eigenvalue weighted by Crippen LogP contribution is 2.58. The van der Waals surface area contributed by atoms with Gasteiger partial charge in [0, 0.05) is 61.5 Å². The number of anilines is 6. The molecule has 0 unspecified atom stereocenters. The van der Waals surface area contributed by atoms with Gasteiger partial charge in [0.25, 0.3) is 6.71 Å². The van der Waals surface area contributed by atoms with Crippen molar-refractivity contribution in [2.45, 2.75) is 288 Å². The fourth-order valence-corrected chi connectivity index (χ4v) is 18.3. The van der Waals surface area contributed by atoms with Gasteiger partial charge in [-0.1, -0.05) is 374 Å². The molecule has 15 rings (SSSR count). The Morgan fingerprint density at radius 1 is 0.233 bits per heavy atom. The average molecular weight is 1590 g/mol. The lowest BCUT2D eigenvalue weighted by atomic mass is 9.33. The van der Waals surface area contributed by atoms with E-state index in [1.807, 2.05) is 6.07 Å². The second-order valence-electron chi connectivity index (χ2n) is 46.6. The minimum absolute atomic E-state index is 0.120. The van der Waals surface area contributed by atoms with Crippen molar-refractivity contribution in [3.05, 3.63) is 286 Å². The van der Waals surface area contributed by atoms with Crippen molar-refractivity contribution in [2.75, 3.05) is 9.80 Å². The molecule has 0 bridgehead atoms. The Morgan fingerprint density at radius 2 is 0.550 bits per heavy atom. The number of hydrogen-bond acceptors (Lipinski definition) is 2. The van der Waals surface area contributed by atoms with Gasteiger partial charge in [0.2, 0.25) is 0 Å². The van der Waals surface area contributed by atoms with Gasteiger partial charge in [0.15, 0.2) is 0 Å². The topological polar surface area (TPSA) is 11.4 Å². The maximum Gasteiger partial charge on any atom is 0.252 e. The normalized spacial score (nSPS) is 14.6. The van der Waals surface area contributed by atoms with E-state index >= 15 is 0 Å². The molecule has 0 fully saturated rings. The van der Waals surface area contributed by atoms with Crippen LogP contribution in [0.4, 0.5) is 34.1 Å². The third kappa shape index (κ3) is 15.6. The van der Waals surface area contributed by atoms with E-state index in [0.29, 0.717) is 5.56 Å². The molecule has 0 saturated heterocycles. The van der Waals surface area contributed by atoms with E-state index in [9.17, 15) is 5.48 Å². The van der Waals surface area contributed by atoms with Crippen molar-refractivity contribution in [3.8, 4) is 61.3 Å². The fourth-order valence-electron chi connectivity index (χ4n) is 18.3. The summed E-state index contributed by atoms with van der Waals surface area (Å²) in [6.45, 7) is 76.7. The molecule has 3 nitrogen and oxygen atoms in total. The summed E-state index contributed by atoms with van der Waals surface area (Å²) in [7, 11) is 0. The molecular weight excluding hydrogens is 1450 g/mol. The average Bonchev–Trinajstić information content (AvgIpc) is 0.811. The van der Waals surface area contributed by atoms with E-state index < -0.39 is 18.2 Å². The van der Waals surface area contributed by atoms with Gasteiger partial charge in [0.05, 0.1) is 29.3 Å². The summed E-state index contributed by atoms with van der Waals surface area (Å²) in [6.07, 6.45) is 0. The number of rotatable bonds is 8. The van der Waals surface area contributed by atoms with Crippen LogP contribution in [0, 0.1) is 0 Å². The Labute approximate surface area is 730 Å². The Balaban J connectivity index is 1.22. The molecule has 3 heterocycles. The van der Waals surface area contributed by atoms with Crippen LogP contribution < -0.4 is 26.2 Å². The highest BCUT2D eigenvalue weighted by atomic mass is 15.2. The van der Waals surface area contributed by atoms with E-state index in [1.165, 1.54) is 72.0 Å². The standard InChI is InChI=1S/C116H136BN3/c1-106(2,3)75-44-39-72(40-45-75)87-62-81(112(19,20)21)64-91(85-53-48-79(110(13,14)15)66-93(85)115(28,29)30)104(87)119-99-59-74(71-37-35-34-36-38-71)43-55-95(99)117-96-56-52-84(118-97-57-50-77(108(7,8)9)60-89(97)90-61-78(109(10,11)12)51-58-98(90)118)70-100(96)120(102-69-83(114(25,26)27)68-101(119)103(102)117)105-88(73-41-46-76(47-42-73)107(4,5)6)63-82(113(22,23)24)65-92(105)86-54-49-80(111(16,17)18)67-94(86)116(31,32)33/h34-70H,1-33H3/i34D,35D,36D,37D,38D. The lowest BCUT2D eigenvalue weighted by Gasteiger charge is -2.47. The molecule has 0 spiro atoms. The molecule has 0 N–H and O–H groups in total. The quantitative estimate of drug-likeness (QED) is 0.141. The zero-order valence-electron chi connectivity index (χ0n) is 83.9. The summed E-state index contributed by atoms with van der Waals surface area (Å²) in [5.41, 5.74) is 32.9. The van der Waals surface area contributed by atoms with Crippen LogP contribution in [0.2, 0.25) is 0 Å². The summed E-state index contributed by atoms with van der Waals surface area (Å²) in [5, 5.41) is 2.42. The number of aromatic nitrogens is 1. The minimum Gasteiger partial charge on any atom is -0.310 e. The van der Waals surface area contributed by atoms with Crippen molar-refractivity contribution >= 4 is 79.0 Å². The first-order valence-corrected chi connectivity index (χ1v) is 44.2. The number of nitrogens with zero attached hydrogens (tertiary/aromatic N) is 3. The first-order valence-electron chi connectivity index (χ1n) is 46.7. The van der Waals surface area contributed by atoms with Gasteiger partial charge in [-0.15, -0.1) is 0 Å². The van der Waals surface area contributed by atoms with E-state index in [2.05, 4.69) is 431 Å². The van der Waals surface area contributed by atoms with Crippen molar-refractivity contribution in [1.82, 2.24) is 4.57 Å². The lowest BCUT2D eigenvalue weighted by molar-refractivity contribution is 0.569. The Hall–Kier alpha value is -9.90. The molecule has 618 valence electrons. The third-order valence-electron chi connectivity index (χ3n) is 26.0. The van der Waals surface area contributed by atoms with Crippen molar-refractivity contribution < 1.29 is 6.85 Å². The number of fused-ring (bicyclic) bond motifs is 7. The van der Waals surface area contributed by atoms with Crippen LogP contribution in [-0.4, -0.2) is 11.3 Å². The first-order chi connectivity index (χ1) is 57.5. The molecule has 0 saturated carbocycles. The van der Waals surface area contributed by atoms with Crippen LogP contribution in [0.3, 0.4) is 0 Å². The third-order valence-corrected chi connectivity index (χ3v) is 26.0. The van der Waals surface area contributed by atoms with Crippen LogP contribution >= 0.6 is 0 Å².